The van der Waals surface area contributed by atoms with Crippen molar-refractivity contribution in [3.05, 3.63) is 0 Å². The van der Waals surface area contributed by atoms with E-state index in [1.807, 2.05) is 0 Å². The normalized spacial score (nSPS) is 13.1. The van der Waals surface area contributed by atoms with Crippen molar-refractivity contribution < 1.29 is 19.1 Å². The topological polar surface area (TPSA) is 105 Å². The van der Waals surface area contributed by atoms with Gasteiger partial charge >= 0.3 is 11.9 Å². The lowest BCUT2D eigenvalue weighted by Crippen LogP contribution is -2.32. The molecular weight excluding hydrogens is 312 g/mol. The molecule has 0 spiro atoms. The molecule has 0 fully saturated rings. The van der Waals surface area contributed by atoms with Gasteiger partial charge in [0.2, 0.25) is 0 Å². The standard InChI is InChI=1S/C10H20N2O4S2.ClH/c1-15-9(13)7(11)3-5-17-18-6-4-8(12)10(14)16-2;/h7-8H,3-6,11-12H2,1-2H3;1H/t7-,8-;/m0./s1. The highest BCUT2D eigenvalue weighted by molar-refractivity contribution is 8.76. The quantitative estimate of drug-likeness (QED) is 0.359. The molecule has 0 aromatic rings. The molecule has 0 amide bonds. The molecule has 0 rings (SSSR count). The van der Waals surface area contributed by atoms with Crippen LogP contribution in [0.25, 0.3) is 0 Å². The van der Waals surface area contributed by atoms with E-state index in [9.17, 15) is 9.59 Å². The number of esters is 2. The zero-order chi connectivity index (χ0) is 14.0. The predicted octanol–water partition coefficient (Wildman–Crippen LogP) is 0.570. The van der Waals surface area contributed by atoms with Crippen LogP contribution in [-0.2, 0) is 19.1 Å². The van der Waals surface area contributed by atoms with Gasteiger partial charge in [0.15, 0.2) is 0 Å². The molecule has 0 aliphatic rings. The lowest BCUT2D eigenvalue weighted by atomic mass is 10.2. The van der Waals surface area contributed by atoms with E-state index in [1.54, 1.807) is 21.6 Å². The van der Waals surface area contributed by atoms with Gasteiger partial charge in [-0.25, -0.2) is 0 Å². The van der Waals surface area contributed by atoms with Crippen LogP contribution in [0.3, 0.4) is 0 Å². The lowest BCUT2D eigenvalue weighted by molar-refractivity contribution is -0.143. The molecule has 0 aliphatic heterocycles. The SMILES string of the molecule is COC(=O)[C@@H](N)CCSSCC[C@H](N)C(=O)OC.Cl. The Kier molecular flexibility index (Phi) is 14.3. The Hall–Kier alpha value is -0.150. The molecule has 114 valence electrons. The number of hydrogen-bond acceptors (Lipinski definition) is 8. The molecule has 0 unspecified atom stereocenters. The van der Waals surface area contributed by atoms with Crippen LogP contribution in [0.1, 0.15) is 12.8 Å². The lowest BCUT2D eigenvalue weighted by Gasteiger charge is -2.09. The van der Waals surface area contributed by atoms with Crippen molar-refractivity contribution in [3.63, 3.8) is 0 Å². The van der Waals surface area contributed by atoms with Gasteiger partial charge in [0, 0.05) is 11.5 Å². The third-order valence-corrected chi connectivity index (χ3v) is 4.59. The number of rotatable bonds is 9. The van der Waals surface area contributed by atoms with Crippen LogP contribution in [0, 0.1) is 0 Å². The second kappa shape index (κ2) is 12.9. The Morgan fingerprint density at radius 3 is 1.53 bits per heavy atom. The minimum Gasteiger partial charge on any atom is -0.468 e. The predicted molar refractivity (Wildman–Crippen MR) is 81.4 cm³/mol. The average molecular weight is 333 g/mol. The van der Waals surface area contributed by atoms with Gasteiger partial charge in [-0.3, -0.25) is 9.59 Å². The smallest absolute Gasteiger partial charge is 0.322 e. The van der Waals surface area contributed by atoms with Crippen molar-refractivity contribution in [2.45, 2.75) is 24.9 Å². The van der Waals surface area contributed by atoms with Crippen molar-refractivity contribution in [1.29, 1.82) is 0 Å². The zero-order valence-corrected chi connectivity index (χ0v) is 13.4. The Bertz CT molecular complexity index is 246. The van der Waals surface area contributed by atoms with Gasteiger partial charge in [0.05, 0.1) is 14.2 Å². The van der Waals surface area contributed by atoms with Gasteiger partial charge < -0.3 is 20.9 Å². The van der Waals surface area contributed by atoms with Gasteiger partial charge in [-0.05, 0) is 12.8 Å². The highest BCUT2D eigenvalue weighted by Gasteiger charge is 2.14. The largest absolute Gasteiger partial charge is 0.468 e. The zero-order valence-electron chi connectivity index (χ0n) is 11.0. The number of carbonyl (C=O) groups excluding carboxylic acids is 2. The number of hydrogen-bond donors (Lipinski definition) is 2. The molecule has 2 atom stereocenters. The molecule has 0 radical (unpaired) electrons. The summed E-state index contributed by atoms with van der Waals surface area (Å²) in [5, 5.41) is 0. The van der Waals surface area contributed by atoms with Crippen LogP contribution in [0.15, 0.2) is 0 Å². The summed E-state index contributed by atoms with van der Waals surface area (Å²) in [6, 6.07) is -1.14. The molecular formula is C10H21ClN2O4S2. The number of halogens is 1. The van der Waals surface area contributed by atoms with Crippen LogP contribution in [-0.4, -0.2) is 49.7 Å². The third kappa shape index (κ3) is 10.3. The molecule has 0 aromatic carbocycles. The molecule has 0 saturated heterocycles. The first-order valence-corrected chi connectivity index (χ1v) is 7.93. The first kappa shape index (κ1) is 21.2. The highest BCUT2D eigenvalue weighted by Crippen LogP contribution is 2.23. The summed E-state index contributed by atoms with van der Waals surface area (Å²) >= 11 is 0. The maximum absolute atomic E-state index is 11.0. The monoisotopic (exact) mass is 332 g/mol. The van der Waals surface area contributed by atoms with Crippen LogP contribution >= 0.6 is 34.0 Å². The van der Waals surface area contributed by atoms with Crippen molar-refractivity contribution in [2.24, 2.45) is 11.5 Å². The van der Waals surface area contributed by atoms with Crippen LogP contribution in [0.2, 0.25) is 0 Å². The summed E-state index contributed by atoms with van der Waals surface area (Å²) in [7, 11) is 5.82. The van der Waals surface area contributed by atoms with E-state index in [2.05, 4.69) is 9.47 Å². The maximum atomic E-state index is 11.0. The molecule has 0 aromatic heterocycles. The van der Waals surface area contributed by atoms with Crippen molar-refractivity contribution >= 4 is 45.9 Å². The summed E-state index contributed by atoms with van der Waals surface area (Å²) in [5.41, 5.74) is 11.1. The molecule has 0 bridgehead atoms. The second-order valence-electron chi connectivity index (χ2n) is 3.48. The maximum Gasteiger partial charge on any atom is 0.322 e. The first-order valence-electron chi connectivity index (χ1n) is 5.44. The van der Waals surface area contributed by atoms with E-state index in [1.165, 1.54) is 14.2 Å². The van der Waals surface area contributed by atoms with Crippen molar-refractivity contribution in [1.82, 2.24) is 0 Å². The van der Waals surface area contributed by atoms with Crippen LogP contribution < -0.4 is 11.5 Å². The van der Waals surface area contributed by atoms with Gasteiger partial charge in [0.1, 0.15) is 12.1 Å². The molecule has 4 N–H and O–H groups in total. The van der Waals surface area contributed by atoms with E-state index in [0.29, 0.717) is 12.8 Å². The van der Waals surface area contributed by atoms with E-state index >= 15 is 0 Å². The van der Waals surface area contributed by atoms with E-state index in [4.69, 9.17) is 11.5 Å². The molecule has 6 nitrogen and oxygen atoms in total. The Morgan fingerprint density at radius 1 is 0.947 bits per heavy atom. The Labute approximate surface area is 127 Å². The third-order valence-electron chi connectivity index (χ3n) is 2.12. The summed E-state index contributed by atoms with van der Waals surface area (Å²) in [4.78, 5) is 22.0. The number of nitrogens with two attached hydrogens (primary N) is 2. The molecule has 0 heterocycles. The first-order chi connectivity index (χ1) is 8.52. The van der Waals surface area contributed by atoms with Crippen LogP contribution in [0.4, 0.5) is 0 Å². The molecule has 0 saturated carbocycles. The highest BCUT2D eigenvalue weighted by atomic mass is 35.5. The summed E-state index contributed by atoms with van der Waals surface area (Å²) in [6.07, 6.45) is 1.13. The summed E-state index contributed by atoms with van der Waals surface area (Å²) < 4.78 is 9.02. The van der Waals surface area contributed by atoms with E-state index < -0.39 is 24.0 Å². The number of carbonyl (C=O) groups is 2. The molecule has 19 heavy (non-hydrogen) atoms. The minimum atomic E-state index is -0.569. The van der Waals surface area contributed by atoms with E-state index in [0.717, 1.165) is 11.5 Å². The fourth-order valence-corrected chi connectivity index (χ4v) is 3.23. The van der Waals surface area contributed by atoms with Gasteiger partial charge in [-0.15, -0.1) is 12.4 Å². The minimum absolute atomic E-state index is 0. The van der Waals surface area contributed by atoms with Gasteiger partial charge in [-0.1, -0.05) is 21.6 Å². The Balaban J connectivity index is 0. The number of methoxy groups -OCH3 is 2. The van der Waals surface area contributed by atoms with Crippen molar-refractivity contribution in [2.75, 3.05) is 25.7 Å². The van der Waals surface area contributed by atoms with Gasteiger partial charge in [-0.2, -0.15) is 0 Å². The Morgan fingerprint density at radius 2 is 1.26 bits per heavy atom. The van der Waals surface area contributed by atoms with E-state index in [-0.39, 0.29) is 12.4 Å². The summed E-state index contributed by atoms with van der Waals surface area (Å²) in [6.45, 7) is 0. The fraction of sp³-hybridized carbons (Fsp3) is 0.800. The molecule has 9 heteroatoms. The van der Waals surface area contributed by atoms with Crippen molar-refractivity contribution in [3.8, 4) is 0 Å². The molecule has 0 aliphatic carbocycles. The fourth-order valence-electron chi connectivity index (χ4n) is 1.01. The van der Waals surface area contributed by atoms with Gasteiger partial charge in [0.25, 0.3) is 0 Å². The summed E-state index contributed by atoms with van der Waals surface area (Å²) in [5.74, 6) is 0.699. The average Bonchev–Trinajstić information content (AvgIpc) is 2.39. The second-order valence-corrected chi connectivity index (χ2v) is 6.18. The van der Waals surface area contributed by atoms with Crippen LogP contribution in [0.5, 0.6) is 0 Å². The number of ether oxygens (including phenoxy) is 2.